The van der Waals surface area contributed by atoms with Crippen LogP contribution in [-0.2, 0) is 9.59 Å². The molecule has 2 aliphatic carbocycles. The van der Waals surface area contributed by atoms with Gasteiger partial charge in [-0.15, -0.1) is 0 Å². The number of fused-ring (bicyclic) bond motifs is 2. The van der Waals surface area contributed by atoms with Gasteiger partial charge in [-0.3, -0.25) is 9.59 Å². The molecule has 0 unspecified atom stereocenters. The first-order valence-electron chi connectivity index (χ1n) is 8.31. The van der Waals surface area contributed by atoms with Crippen LogP contribution in [0.3, 0.4) is 0 Å². The second kappa shape index (κ2) is 5.52. The van der Waals surface area contributed by atoms with Crippen molar-refractivity contribution in [1.29, 1.82) is 0 Å². The van der Waals surface area contributed by atoms with Gasteiger partial charge in [0.25, 0.3) is 0 Å². The molecule has 1 aliphatic heterocycles. The summed E-state index contributed by atoms with van der Waals surface area (Å²) in [5.74, 6) is 1.72. The summed E-state index contributed by atoms with van der Waals surface area (Å²) in [5.41, 5.74) is 1.75. The number of hydrogen-bond donors (Lipinski definition) is 0. The number of ketones is 2. The van der Waals surface area contributed by atoms with Crippen molar-refractivity contribution in [3.63, 3.8) is 0 Å². The Labute approximate surface area is 135 Å². The standard InChI is InChI=1S/C19H20O4/c1-11(20)19-14-5-3-2-4-13(14)16(21)9-15(19)12-6-7-17-18(8-12)23-10-22-17/h6-9,13-14,19H,2-5,10H2,1H3/t13-,14-,19+/m1/s1. The predicted molar refractivity (Wildman–Crippen MR) is 85.2 cm³/mol. The fraction of sp³-hybridized carbons (Fsp3) is 0.474. The highest BCUT2D eigenvalue weighted by atomic mass is 16.7. The summed E-state index contributed by atoms with van der Waals surface area (Å²) in [6, 6.07) is 5.67. The van der Waals surface area contributed by atoms with E-state index in [2.05, 4.69) is 0 Å². The maximum Gasteiger partial charge on any atom is 0.231 e. The van der Waals surface area contributed by atoms with Gasteiger partial charge in [0.15, 0.2) is 17.3 Å². The highest BCUT2D eigenvalue weighted by Crippen LogP contribution is 2.47. The van der Waals surface area contributed by atoms with Crippen LogP contribution >= 0.6 is 0 Å². The first-order chi connectivity index (χ1) is 11.1. The average molecular weight is 312 g/mol. The third-order valence-corrected chi connectivity index (χ3v) is 5.39. The maximum atomic E-state index is 12.6. The molecule has 4 heteroatoms. The van der Waals surface area contributed by atoms with E-state index in [0.717, 1.165) is 36.8 Å². The molecule has 3 atom stereocenters. The molecule has 0 N–H and O–H groups in total. The Kier molecular flexibility index (Phi) is 3.47. The molecule has 23 heavy (non-hydrogen) atoms. The number of rotatable bonds is 2. The summed E-state index contributed by atoms with van der Waals surface area (Å²) in [6.07, 6.45) is 5.77. The average Bonchev–Trinajstić information content (AvgIpc) is 3.02. The molecule has 4 rings (SSSR count). The van der Waals surface area contributed by atoms with Crippen LogP contribution in [0.25, 0.3) is 5.57 Å². The fourth-order valence-corrected chi connectivity index (χ4v) is 4.35. The lowest BCUT2D eigenvalue weighted by Crippen LogP contribution is -2.39. The Bertz CT molecular complexity index is 703. The number of Topliss-reactive ketones (excluding diaryl/α,β-unsaturated/α-hetero) is 1. The van der Waals surface area contributed by atoms with Crippen molar-refractivity contribution < 1.29 is 19.1 Å². The van der Waals surface area contributed by atoms with Gasteiger partial charge in [0.1, 0.15) is 5.78 Å². The van der Waals surface area contributed by atoms with Gasteiger partial charge in [-0.25, -0.2) is 0 Å². The summed E-state index contributed by atoms with van der Waals surface area (Å²) >= 11 is 0. The van der Waals surface area contributed by atoms with E-state index in [1.54, 1.807) is 13.0 Å². The lowest BCUT2D eigenvalue weighted by molar-refractivity contribution is -0.126. The molecule has 0 amide bonds. The Hall–Kier alpha value is -2.10. The monoisotopic (exact) mass is 312 g/mol. The van der Waals surface area contributed by atoms with Crippen LogP contribution in [0.15, 0.2) is 24.3 Å². The molecule has 0 bridgehead atoms. The van der Waals surface area contributed by atoms with E-state index in [9.17, 15) is 9.59 Å². The largest absolute Gasteiger partial charge is 0.454 e. The first-order valence-corrected chi connectivity index (χ1v) is 8.31. The summed E-state index contributed by atoms with van der Waals surface area (Å²) < 4.78 is 10.8. The summed E-state index contributed by atoms with van der Waals surface area (Å²) in [5, 5.41) is 0. The number of carbonyl (C=O) groups is 2. The normalized spacial score (nSPS) is 29.0. The second-order valence-electron chi connectivity index (χ2n) is 6.71. The molecule has 1 aromatic carbocycles. The van der Waals surface area contributed by atoms with Crippen molar-refractivity contribution in [3.05, 3.63) is 29.8 Å². The Balaban J connectivity index is 1.78. The Morgan fingerprint density at radius 2 is 1.91 bits per heavy atom. The molecule has 3 aliphatic rings. The van der Waals surface area contributed by atoms with Gasteiger partial charge in [0, 0.05) is 11.8 Å². The molecular formula is C19H20O4. The van der Waals surface area contributed by atoms with Gasteiger partial charge in [-0.2, -0.15) is 0 Å². The van der Waals surface area contributed by atoms with Gasteiger partial charge < -0.3 is 9.47 Å². The zero-order chi connectivity index (χ0) is 16.0. The van der Waals surface area contributed by atoms with E-state index in [0.29, 0.717) is 11.5 Å². The lowest BCUT2D eigenvalue weighted by Gasteiger charge is -2.39. The molecule has 1 fully saturated rings. The smallest absolute Gasteiger partial charge is 0.231 e. The van der Waals surface area contributed by atoms with Gasteiger partial charge in [0.05, 0.1) is 0 Å². The molecule has 4 nitrogen and oxygen atoms in total. The molecule has 0 aromatic heterocycles. The summed E-state index contributed by atoms with van der Waals surface area (Å²) in [7, 11) is 0. The zero-order valence-electron chi connectivity index (χ0n) is 13.2. The van der Waals surface area contributed by atoms with Crippen LogP contribution in [0.4, 0.5) is 0 Å². The minimum atomic E-state index is -0.182. The number of allylic oxidation sites excluding steroid dienone is 2. The quantitative estimate of drug-likeness (QED) is 0.840. The fourth-order valence-electron chi connectivity index (χ4n) is 4.35. The zero-order valence-corrected chi connectivity index (χ0v) is 13.2. The highest BCUT2D eigenvalue weighted by Gasteiger charge is 2.43. The van der Waals surface area contributed by atoms with Crippen molar-refractivity contribution in [3.8, 4) is 11.5 Å². The van der Waals surface area contributed by atoms with Gasteiger partial charge in [-0.05, 0) is 55.0 Å². The Morgan fingerprint density at radius 3 is 2.74 bits per heavy atom. The number of benzene rings is 1. The van der Waals surface area contributed by atoms with Crippen molar-refractivity contribution in [1.82, 2.24) is 0 Å². The van der Waals surface area contributed by atoms with Crippen molar-refractivity contribution in [2.24, 2.45) is 17.8 Å². The van der Waals surface area contributed by atoms with Gasteiger partial charge >= 0.3 is 0 Å². The molecule has 0 radical (unpaired) electrons. The van der Waals surface area contributed by atoms with Crippen LogP contribution in [-0.4, -0.2) is 18.4 Å². The minimum Gasteiger partial charge on any atom is -0.454 e. The molecule has 0 spiro atoms. The Morgan fingerprint density at radius 1 is 1.13 bits per heavy atom. The molecule has 120 valence electrons. The summed E-state index contributed by atoms with van der Waals surface area (Å²) in [4.78, 5) is 24.9. The topological polar surface area (TPSA) is 52.6 Å². The number of carbonyl (C=O) groups excluding carboxylic acids is 2. The van der Waals surface area contributed by atoms with Crippen molar-refractivity contribution in [2.75, 3.05) is 6.79 Å². The molecule has 1 saturated carbocycles. The SMILES string of the molecule is CC(=O)[C@@H]1C(c2ccc3c(c2)OCO3)=CC(=O)[C@@H]2CCCC[C@@H]12. The molecular weight excluding hydrogens is 292 g/mol. The van der Waals surface area contributed by atoms with E-state index < -0.39 is 0 Å². The van der Waals surface area contributed by atoms with Crippen LogP contribution in [0.1, 0.15) is 38.2 Å². The molecule has 1 aromatic rings. The van der Waals surface area contributed by atoms with Crippen molar-refractivity contribution >= 4 is 17.1 Å². The number of hydrogen-bond acceptors (Lipinski definition) is 4. The van der Waals surface area contributed by atoms with Gasteiger partial charge in [-0.1, -0.05) is 18.9 Å². The predicted octanol–water partition coefficient (Wildman–Crippen LogP) is 3.39. The van der Waals surface area contributed by atoms with Crippen LogP contribution < -0.4 is 9.47 Å². The van der Waals surface area contributed by atoms with E-state index in [-0.39, 0.29) is 36.1 Å². The van der Waals surface area contributed by atoms with E-state index in [4.69, 9.17) is 9.47 Å². The van der Waals surface area contributed by atoms with E-state index in [1.807, 2.05) is 18.2 Å². The van der Waals surface area contributed by atoms with Gasteiger partial charge in [0.2, 0.25) is 6.79 Å². The summed E-state index contributed by atoms with van der Waals surface area (Å²) in [6.45, 7) is 1.87. The van der Waals surface area contributed by atoms with Crippen LogP contribution in [0.2, 0.25) is 0 Å². The minimum absolute atomic E-state index is 0.0235. The van der Waals surface area contributed by atoms with Crippen LogP contribution in [0.5, 0.6) is 11.5 Å². The van der Waals surface area contributed by atoms with E-state index >= 15 is 0 Å². The second-order valence-corrected chi connectivity index (χ2v) is 6.71. The maximum absolute atomic E-state index is 12.6. The molecule has 1 heterocycles. The number of ether oxygens (including phenoxy) is 2. The van der Waals surface area contributed by atoms with Crippen molar-refractivity contribution in [2.45, 2.75) is 32.6 Å². The molecule has 0 saturated heterocycles. The van der Waals surface area contributed by atoms with Crippen LogP contribution in [0, 0.1) is 17.8 Å². The lowest BCUT2D eigenvalue weighted by atomic mass is 9.63. The third-order valence-electron chi connectivity index (χ3n) is 5.39. The highest BCUT2D eigenvalue weighted by molar-refractivity contribution is 6.06. The van der Waals surface area contributed by atoms with E-state index in [1.165, 1.54) is 0 Å². The first kappa shape index (κ1) is 14.5. The third kappa shape index (κ3) is 2.37.